The monoisotopic (exact) mass is 324 g/mol. The summed E-state index contributed by atoms with van der Waals surface area (Å²) in [6, 6.07) is 0.795. The molecule has 2 N–H and O–H groups in total. The summed E-state index contributed by atoms with van der Waals surface area (Å²) in [4.78, 5) is 28.3. The Kier molecular flexibility index (Phi) is 4.40. The number of hydrogen-bond donors (Lipinski definition) is 2. The number of amides is 3. The molecule has 130 valence electrons. The maximum Gasteiger partial charge on any atom is 0.410 e. The molecule has 3 fully saturated rings. The molecule has 7 heteroatoms. The number of nitrogens with zero attached hydrogens (tertiary/aromatic N) is 2. The van der Waals surface area contributed by atoms with Crippen LogP contribution in [0.3, 0.4) is 0 Å². The average Bonchev–Trinajstić information content (AvgIpc) is 2.81. The minimum absolute atomic E-state index is 0.0550. The van der Waals surface area contributed by atoms with Gasteiger partial charge in [-0.25, -0.2) is 9.59 Å². The molecular formula is C16H28N4O3. The highest BCUT2D eigenvalue weighted by molar-refractivity contribution is 5.78. The lowest BCUT2D eigenvalue weighted by Gasteiger charge is -2.40. The molecule has 0 radical (unpaired) electrons. The van der Waals surface area contributed by atoms with Gasteiger partial charge in [-0.3, -0.25) is 0 Å². The molecule has 0 saturated carbocycles. The zero-order valence-electron chi connectivity index (χ0n) is 14.3. The van der Waals surface area contributed by atoms with Crippen molar-refractivity contribution in [2.75, 3.05) is 26.2 Å². The zero-order chi connectivity index (χ0) is 16.6. The highest BCUT2D eigenvalue weighted by Crippen LogP contribution is 2.27. The van der Waals surface area contributed by atoms with Gasteiger partial charge in [0.15, 0.2) is 0 Å². The number of urea groups is 1. The molecule has 3 aliphatic rings. The summed E-state index contributed by atoms with van der Waals surface area (Å²) in [6.07, 6.45) is 2.39. The maximum atomic E-state index is 12.3. The number of rotatable bonds is 1. The van der Waals surface area contributed by atoms with Crippen LogP contribution in [-0.4, -0.2) is 71.8 Å². The van der Waals surface area contributed by atoms with Crippen molar-refractivity contribution in [1.29, 1.82) is 0 Å². The lowest BCUT2D eigenvalue weighted by atomic mass is 9.97. The predicted molar refractivity (Wildman–Crippen MR) is 86.3 cm³/mol. The second-order valence-corrected chi connectivity index (χ2v) is 7.72. The quantitative estimate of drug-likeness (QED) is 0.759. The van der Waals surface area contributed by atoms with E-state index in [9.17, 15) is 9.59 Å². The van der Waals surface area contributed by atoms with E-state index in [4.69, 9.17) is 4.74 Å². The van der Waals surface area contributed by atoms with E-state index >= 15 is 0 Å². The number of likely N-dealkylation sites (tertiary alicyclic amines) is 1. The van der Waals surface area contributed by atoms with E-state index in [1.165, 1.54) is 0 Å². The van der Waals surface area contributed by atoms with E-state index in [1.54, 1.807) is 4.90 Å². The van der Waals surface area contributed by atoms with Gasteiger partial charge in [0.1, 0.15) is 5.60 Å². The van der Waals surface area contributed by atoms with E-state index < -0.39 is 5.60 Å². The summed E-state index contributed by atoms with van der Waals surface area (Å²) >= 11 is 0. The van der Waals surface area contributed by atoms with Gasteiger partial charge in [-0.05, 0) is 46.6 Å². The molecule has 0 spiro atoms. The molecule has 2 atom stereocenters. The first-order chi connectivity index (χ1) is 10.8. The first-order valence-electron chi connectivity index (χ1n) is 8.62. The third kappa shape index (κ3) is 3.54. The average molecular weight is 324 g/mol. The van der Waals surface area contributed by atoms with E-state index in [-0.39, 0.29) is 24.2 Å². The highest BCUT2D eigenvalue weighted by atomic mass is 16.6. The topological polar surface area (TPSA) is 73.9 Å². The molecule has 0 aromatic heterocycles. The molecule has 7 nitrogen and oxygen atoms in total. The Labute approximate surface area is 137 Å². The van der Waals surface area contributed by atoms with Crippen molar-refractivity contribution < 1.29 is 14.3 Å². The summed E-state index contributed by atoms with van der Waals surface area (Å²) in [5.74, 6) is 0. The van der Waals surface area contributed by atoms with Gasteiger partial charge in [-0.1, -0.05) is 0 Å². The van der Waals surface area contributed by atoms with Crippen LogP contribution in [0, 0.1) is 0 Å². The van der Waals surface area contributed by atoms with Gasteiger partial charge >= 0.3 is 12.1 Å². The molecule has 0 bridgehead atoms. The number of nitrogens with one attached hydrogen (secondary N) is 2. The van der Waals surface area contributed by atoms with Crippen molar-refractivity contribution in [3.05, 3.63) is 0 Å². The molecule has 0 aromatic rings. The van der Waals surface area contributed by atoms with Gasteiger partial charge in [-0.15, -0.1) is 0 Å². The van der Waals surface area contributed by atoms with Gasteiger partial charge in [-0.2, -0.15) is 0 Å². The third-order valence-corrected chi connectivity index (χ3v) is 4.86. The van der Waals surface area contributed by atoms with Crippen LogP contribution in [0.2, 0.25) is 0 Å². The Hall–Kier alpha value is -1.50. The van der Waals surface area contributed by atoms with Crippen LogP contribution < -0.4 is 10.6 Å². The fraction of sp³-hybridized carbons (Fsp3) is 0.875. The van der Waals surface area contributed by atoms with Gasteiger partial charge in [0.05, 0.1) is 12.1 Å². The Morgan fingerprint density at radius 2 is 1.91 bits per heavy atom. The molecule has 3 aliphatic heterocycles. The van der Waals surface area contributed by atoms with Gasteiger partial charge in [0, 0.05) is 25.7 Å². The van der Waals surface area contributed by atoms with E-state index in [2.05, 4.69) is 10.6 Å². The molecule has 3 rings (SSSR count). The van der Waals surface area contributed by atoms with E-state index in [0.29, 0.717) is 19.1 Å². The second-order valence-electron chi connectivity index (χ2n) is 7.72. The first-order valence-corrected chi connectivity index (χ1v) is 8.62. The van der Waals surface area contributed by atoms with Gasteiger partial charge in [0.2, 0.25) is 0 Å². The number of carbonyl (C=O) groups is 2. The van der Waals surface area contributed by atoms with Crippen molar-refractivity contribution in [3.63, 3.8) is 0 Å². The molecule has 3 amide bonds. The summed E-state index contributed by atoms with van der Waals surface area (Å²) in [5, 5.41) is 6.42. The number of hydrogen-bond acceptors (Lipinski definition) is 4. The summed E-state index contributed by atoms with van der Waals surface area (Å²) < 4.78 is 5.43. The maximum absolute atomic E-state index is 12.3. The van der Waals surface area contributed by atoms with Crippen LogP contribution in [0.1, 0.15) is 40.0 Å². The first kappa shape index (κ1) is 16.4. The molecule has 3 heterocycles. The molecular weight excluding hydrogens is 296 g/mol. The normalized spacial score (nSPS) is 29.3. The van der Waals surface area contributed by atoms with Crippen molar-refractivity contribution in [2.24, 2.45) is 0 Å². The third-order valence-electron chi connectivity index (χ3n) is 4.86. The smallest absolute Gasteiger partial charge is 0.410 e. The SMILES string of the molecule is CC(C)(C)OC(=O)N1CCC(N2C(=O)N[C@@H]3CNCC[C@@H]32)CC1. The van der Waals surface area contributed by atoms with Crippen molar-refractivity contribution >= 4 is 12.1 Å². The lowest BCUT2D eigenvalue weighted by Crippen LogP contribution is -2.54. The number of fused-ring (bicyclic) bond motifs is 1. The van der Waals surface area contributed by atoms with Crippen LogP contribution in [0.15, 0.2) is 0 Å². The standard InChI is InChI=1S/C16H28N4O3/c1-16(2,3)23-15(22)19-8-5-11(6-9-19)20-13-4-7-17-10-12(13)18-14(20)21/h11-13,17H,4-10H2,1-3H3,(H,18,21)/t12-,13+/m1/s1. The van der Waals surface area contributed by atoms with Crippen LogP contribution in [0.4, 0.5) is 9.59 Å². The van der Waals surface area contributed by atoms with E-state index in [1.807, 2.05) is 25.7 Å². The number of ether oxygens (including phenoxy) is 1. The number of carbonyl (C=O) groups excluding carboxylic acids is 2. The van der Waals surface area contributed by atoms with Crippen LogP contribution >= 0.6 is 0 Å². The zero-order valence-corrected chi connectivity index (χ0v) is 14.3. The highest BCUT2D eigenvalue weighted by Gasteiger charge is 2.44. The Balaban J connectivity index is 1.56. The molecule has 3 saturated heterocycles. The Morgan fingerprint density at radius 3 is 2.57 bits per heavy atom. The van der Waals surface area contributed by atoms with Crippen LogP contribution in [-0.2, 0) is 4.74 Å². The van der Waals surface area contributed by atoms with Gasteiger partial charge < -0.3 is 25.2 Å². The largest absolute Gasteiger partial charge is 0.444 e. The minimum Gasteiger partial charge on any atom is -0.444 e. The van der Waals surface area contributed by atoms with Crippen molar-refractivity contribution in [2.45, 2.75) is 63.8 Å². The number of piperidine rings is 2. The fourth-order valence-corrected chi connectivity index (χ4v) is 3.80. The van der Waals surface area contributed by atoms with Gasteiger partial charge in [0.25, 0.3) is 0 Å². The Morgan fingerprint density at radius 1 is 1.22 bits per heavy atom. The lowest BCUT2D eigenvalue weighted by molar-refractivity contribution is 0.0152. The molecule has 0 aliphatic carbocycles. The predicted octanol–water partition coefficient (Wildman–Crippen LogP) is 1.14. The fourth-order valence-electron chi connectivity index (χ4n) is 3.80. The molecule has 0 aromatic carbocycles. The summed E-state index contributed by atoms with van der Waals surface area (Å²) in [5.41, 5.74) is -0.467. The summed E-state index contributed by atoms with van der Waals surface area (Å²) in [7, 11) is 0. The molecule has 23 heavy (non-hydrogen) atoms. The van der Waals surface area contributed by atoms with Crippen LogP contribution in [0.5, 0.6) is 0 Å². The molecule has 0 unspecified atom stereocenters. The van der Waals surface area contributed by atoms with Crippen molar-refractivity contribution in [1.82, 2.24) is 20.4 Å². The van der Waals surface area contributed by atoms with E-state index in [0.717, 1.165) is 32.4 Å². The van der Waals surface area contributed by atoms with Crippen molar-refractivity contribution in [3.8, 4) is 0 Å². The van der Waals surface area contributed by atoms with Crippen LogP contribution in [0.25, 0.3) is 0 Å². The Bertz CT molecular complexity index is 468. The minimum atomic E-state index is -0.467. The summed E-state index contributed by atoms with van der Waals surface area (Å²) in [6.45, 7) is 8.75. The second kappa shape index (κ2) is 6.19.